The van der Waals surface area contributed by atoms with Crippen LogP contribution in [-0.4, -0.2) is 39.8 Å². The Morgan fingerprint density at radius 2 is 1.67 bits per heavy atom. The van der Waals surface area contributed by atoms with Gasteiger partial charge in [-0.25, -0.2) is 0 Å². The average Bonchev–Trinajstić information content (AvgIpc) is 2.51. The smallest absolute Gasteiger partial charge is 0.171 e. The molecule has 0 unspecified atom stereocenters. The summed E-state index contributed by atoms with van der Waals surface area (Å²) in [7, 11) is 0. The van der Waals surface area contributed by atoms with Crippen LogP contribution in [0.5, 0.6) is 0 Å². The van der Waals surface area contributed by atoms with Gasteiger partial charge in [0.1, 0.15) is 5.60 Å². The summed E-state index contributed by atoms with van der Waals surface area (Å²) in [4.78, 5) is 22.9. The fraction of sp³-hybridized carbons (Fsp3) is 0.875. The van der Waals surface area contributed by atoms with Crippen LogP contribution in [0.3, 0.4) is 0 Å². The topological polar surface area (TPSA) is 63.6 Å². The molecular formula is C16H29BrO4. The molecule has 21 heavy (non-hydrogen) atoms. The first-order valence-corrected chi connectivity index (χ1v) is 7.91. The second-order valence-corrected chi connectivity index (χ2v) is 9.84. The lowest BCUT2D eigenvalue weighted by molar-refractivity contribution is -0.132. The van der Waals surface area contributed by atoms with Crippen LogP contribution in [0, 0.1) is 10.8 Å². The summed E-state index contributed by atoms with van der Waals surface area (Å²) in [6.45, 7) is 15.0. The SMILES string of the molecule is CC(C)(Br)C(=O)C(C)(C)CO.CC1(C)COC(C)(C)C1=O. The molecule has 0 amide bonds. The summed E-state index contributed by atoms with van der Waals surface area (Å²) >= 11 is 3.26. The average molecular weight is 365 g/mol. The van der Waals surface area contributed by atoms with Gasteiger partial charge in [-0.05, 0) is 27.7 Å². The van der Waals surface area contributed by atoms with E-state index in [-0.39, 0.29) is 23.6 Å². The van der Waals surface area contributed by atoms with Crippen molar-refractivity contribution in [3.05, 3.63) is 0 Å². The number of aliphatic hydroxyl groups excluding tert-OH is 1. The number of carbonyl (C=O) groups excluding carboxylic acids is 2. The number of rotatable bonds is 3. The van der Waals surface area contributed by atoms with Crippen molar-refractivity contribution in [2.45, 2.75) is 65.3 Å². The Hall–Kier alpha value is -0.260. The number of ether oxygens (including phenoxy) is 1. The molecule has 1 fully saturated rings. The summed E-state index contributed by atoms with van der Waals surface area (Å²) in [5.41, 5.74) is -1.47. The molecule has 0 aliphatic carbocycles. The molecule has 5 heteroatoms. The first-order chi connectivity index (χ1) is 9.08. The van der Waals surface area contributed by atoms with Gasteiger partial charge in [0.25, 0.3) is 0 Å². The number of Topliss-reactive ketones (excluding diaryl/α,β-unsaturated/α-hetero) is 2. The molecule has 1 heterocycles. The minimum atomic E-state index is -0.646. The maximum absolute atomic E-state index is 11.5. The van der Waals surface area contributed by atoms with Gasteiger partial charge in [-0.15, -0.1) is 0 Å². The van der Waals surface area contributed by atoms with Gasteiger partial charge in [0, 0.05) is 10.8 Å². The number of carbonyl (C=O) groups is 2. The van der Waals surface area contributed by atoms with E-state index in [1.54, 1.807) is 27.7 Å². The zero-order valence-corrected chi connectivity index (χ0v) is 16.1. The molecular weight excluding hydrogens is 336 g/mol. The molecule has 1 saturated heterocycles. The molecule has 4 nitrogen and oxygen atoms in total. The van der Waals surface area contributed by atoms with E-state index in [0.717, 1.165) is 0 Å². The van der Waals surface area contributed by atoms with Crippen LogP contribution < -0.4 is 0 Å². The van der Waals surface area contributed by atoms with Crippen LogP contribution in [-0.2, 0) is 14.3 Å². The van der Waals surface area contributed by atoms with Crippen molar-refractivity contribution >= 4 is 27.5 Å². The van der Waals surface area contributed by atoms with Gasteiger partial charge in [-0.3, -0.25) is 9.59 Å². The van der Waals surface area contributed by atoms with Crippen molar-refractivity contribution in [3.63, 3.8) is 0 Å². The van der Waals surface area contributed by atoms with Gasteiger partial charge in [-0.1, -0.05) is 43.6 Å². The number of halogens is 1. The van der Waals surface area contributed by atoms with Crippen molar-refractivity contribution in [1.82, 2.24) is 0 Å². The summed E-state index contributed by atoms with van der Waals surface area (Å²) in [6, 6.07) is 0. The van der Waals surface area contributed by atoms with E-state index in [9.17, 15) is 9.59 Å². The zero-order chi connectivity index (χ0) is 17.3. The van der Waals surface area contributed by atoms with Crippen molar-refractivity contribution in [1.29, 1.82) is 0 Å². The lowest BCUT2D eigenvalue weighted by Crippen LogP contribution is -2.39. The largest absolute Gasteiger partial charge is 0.395 e. The van der Waals surface area contributed by atoms with E-state index in [2.05, 4.69) is 15.9 Å². The van der Waals surface area contributed by atoms with Crippen molar-refractivity contribution in [2.75, 3.05) is 13.2 Å². The Labute approximate surface area is 136 Å². The van der Waals surface area contributed by atoms with Crippen LogP contribution in [0.15, 0.2) is 0 Å². The molecule has 0 aromatic rings. The maximum Gasteiger partial charge on any atom is 0.171 e. The van der Waals surface area contributed by atoms with Gasteiger partial charge < -0.3 is 9.84 Å². The van der Waals surface area contributed by atoms with Crippen LogP contribution >= 0.6 is 15.9 Å². The molecule has 0 aromatic heterocycles. The zero-order valence-electron chi connectivity index (χ0n) is 14.5. The maximum atomic E-state index is 11.5. The predicted molar refractivity (Wildman–Crippen MR) is 87.7 cm³/mol. The third-order valence-electron chi connectivity index (χ3n) is 3.51. The number of hydrogen-bond donors (Lipinski definition) is 1. The molecule has 0 saturated carbocycles. The van der Waals surface area contributed by atoms with Crippen LogP contribution in [0.2, 0.25) is 0 Å². The number of alkyl halides is 1. The van der Waals surface area contributed by atoms with Crippen molar-refractivity contribution in [2.24, 2.45) is 10.8 Å². The first kappa shape index (κ1) is 20.7. The standard InChI is InChI=1S/C8H15BrO2.C8H14O2/c1-7(2,5-10)6(11)8(3,4)9;1-7(2)5-10-8(3,4)6(7)9/h10H,5H2,1-4H3;5H2,1-4H3. The Balaban J connectivity index is 0.000000382. The van der Waals surface area contributed by atoms with Gasteiger partial charge in [-0.2, -0.15) is 0 Å². The molecule has 0 spiro atoms. The Morgan fingerprint density at radius 1 is 1.24 bits per heavy atom. The third kappa shape index (κ3) is 5.46. The predicted octanol–water partition coefficient (Wildman–Crippen LogP) is 3.14. The number of ketones is 2. The van der Waals surface area contributed by atoms with E-state index in [0.29, 0.717) is 6.61 Å². The van der Waals surface area contributed by atoms with Crippen molar-refractivity contribution in [3.8, 4) is 0 Å². The molecule has 124 valence electrons. The van der Waals surface area contributed by atoms with Gasteiger partial charge in [0.05, 0.1) is 17.5 Å². The number of hydrogen-bond acceptors (Lipinski definition) is 4. The highest BCUT2D eigenvalue weighted by molar-refractivity contribution is 9.10. The molecule has 0 radical (unpaired) electrons. The van der Waals surface area contributed by atoms with Crippen LogP contribution in [0.1, 0.15) is 55.4 Å². The second kappa shape index (κ2) is 6.47. The lowest BCUT2D eigenvalue weighted by Gasteiger charge is -2.27. The van der Waals surface area contributed by atoms with E-state index >= 15 is 0 Å². The first-order valence-electron chi connectivity index (χ1n) is 7.11. The minimum Gasteiger partial charge on any atom is -0.395 e. The molecule has 1 N–H and O–H groups in total. The van der Waals surface area contributed by atoms with E-state index in [1.807, 2.05) is 27.7 Å². The third-order valence-corrected chi connectivity index (χ3v) is 3.87. The van der Waals surface area contributed by atoms with E-state index in [1.165, 1.54) is 0 Å². The van der Waals surface area contributed by atoms with Crippen molar-refractivity contribution < 1.29 is 19.4 Å². The quantitative estimate of drug-likeness (QED) is 0.781. The highest BCUT2D eigenvalue weighted by Crippen LogP contribution is 2.34. The molecule has 1 aliphatic rings. The van der Waals surface area contributed by atoms with E-state index in [4.69, 9.17) is 9.84 Å². The van der Waals surface area contributed by atoms with E-state index < -0.39 is 15.3 Å². The molecule has 0 atom stereocenters. The summed E-state index contributed by atoms with van der Waals surface area (Å²) in [5.74, 6) is 0.229. The van der Waals surface area contributed by atoms with Crippen LogP contribution in [0.4, 0.5) is 0 Å². The Kier molecular flexibility index (Phi) is 6.39. The van der Waals surface area contributed by atoms with Gasteiger partial charge in [0.2, 0.25) is 0 Å². The van der Waals surface area contributed by atoms with Gasteiger partial charge in [0.15, 0.2) is 11.6 Å². The Bertz CT molecular complexity index is 385. The fourth-order valence-corrected chi connectivity index (χ4v) is 2.72. The molecule has 1 rings (SSSR count). The highest BCUT2D eigenvalue weighted by atomic mass is 79.9. The fourth-order valence-electron chi connectivity index (χ4n) is 2.18. The van der Waals surface area contributed by atoms with Crippen LogP contribution in [0.25, 0.3) is 0 Å². The summed E-state index contributed by atoms with van der Waals surface area (Å²) in [5, 5.41) is 8.89. The molecule has 0 bridgehead atoms. The number of aliphatic hydroxyl groups is 1. The molecule has 1 aliphatic heterocycles. The lowest BCUT2D eigenvalue weighted by atomic mass is 9.83. The highest BCUT2D eigenvalue weighted by Gasteiger charge is 2.47. The normalized spacial score (nSPS) is 20.8. The summed E-state index contributed by atoms with van der Waals surface area (Å²) < 4.78 is 4.78. The van der Waals surface area contributed by atoms with Gasteiger partial charge >= 0.3 is 0 Å². The monoisotopic (exact) mass is 364 g/mol. The molecule has 0 aromatic carbocycles. The minimum absolute atomic E-state index is 0.0208. The second-order valence-electron chi connectivity index (χ2n) is 7.86. The summed E-state index contributed by atoms with van der Waals surface area (Å²) in [6.07, 6.45) is 0. The Morgan fingerprint density at radius 3 is 1.76 bits per heavy atom.